The summed E-state index contributed by atoms with van der Waals surface area (Å²) in [6.07, 6.45) is 0.840. The van der Waals surface area contributed by atoms with Crippen LogP contribution in [0, 0.1) is 5.82 Å². The molecule has 3 rings (SSSR count). The molecule has 0 bridgehead atoms. The lowest BCUT2D eigenvalue weighted by atomic mass is 9.91. The Morgan fingerprint density at radius 1 is 1.25 bits per heavy atom. The van der Waals surface area contributed by atoms with Gasteiger partial charge in [0.15, 0.2) is 0 Å². The van der Waals surface area contributed by atoms with Crippen molar-refractivity contribution < 1.29 is 14.0 Å². The first kappa shape index (κ1) is 16.6. The molecule has 2 aromatic rings. The van der Waals surface area contributed by atoms with Gasteiger partial charge in [-0.1, -0.05) is 18.2 Å². The number of benzene rings is 1. The maximum atomic E-state index is 13.1. The summed E-state index contributed by atoms with van der Waals surface area (Å²) in [7, 11) is 0. The molecule has 0 saturated carbocycles. The molecule has 6 heteroatoms. The van der Waals surface area contributed by atoms with Crippen LogP contribution < -0.4 is 5.32 Å². The molecule has 2 amide bonds. The van der Waals surface area contributed by atoms with Crippen molar-refractivity contribution in [2.75, 3.05) is 6.54 Å². The molecule has 1 aromatic heterocycles. The summed E-state index contributed by atoms with van der Waals surface area (Å²) in [5.74, 6) is -0.672. The van der Waals surface area contributed by atoms with Crippen LogP contribution >= 0.6 is 11.3 Å². The van der Waals surface area contributed by atoms with Gasteiger partial charge in [-0.05, 0) is 49.4 Å². The minimum absolute atomic E-state index is 0.0592. The molecule has 1 saturated heterocycles. The van der Waals surface area contributed by atoms with Crippen LogP contribution in [0.25, 0.3) is 0 Å². The van der Waals surface area contributed by atoms with E-state index in [0.717, 1.165) is 12.0 Å². The van der Waals surface area contributed by atoms with Crippen LogP contribution in [0.2, 0.25) is 0 Å². The quantitative estimate of drug-likeness (QED) is 0.923. The monoisotopic (exact) mass is 346 g/mol. The van der Waals surface area contributed by atoms with Gasteiger partial charge < -0.3 is 10.2 Å². The summed E-state index contributed by atoms with van der Waals surface area (Å²) in [4.78, 5) is 27.4. The van der Waals surface area contributed by atoms with E-state index >= 15 is 0 Å². The van der Waals surface area contributed by atoms with Gasteiger partial charge in [-0.25, -0.2) is 4.39 Å². The fourth-order valence-corrected chi connectivity index (χ4v) is 3.45. The van der Waals surface area contributed by atoms with Gasteiger partial charge in [-0.2, -0.15) is 0 Å². The van der Waals surface area contributed by atoms with E-state index < -0.39 is 5.54 Å². The van der Waals surface area contributed by atoms with Crippen LogP contribution in [0.4, 0.5) is 4.39 Å². The van der Waals surface area contributed by atoms with E-state index in [2.05, 4.69) is 5.32 Å². The van der Waals surface area contributed by atoms with E-state index in [4.69, 9.17) is 0 Å². The average Bonchev–Trinajstić information content (AvgIpc) is 3.02. The highest BCUT2D eigenvalue weighted by molar-refractivity contribution is 7.12. The molecule has 0 unspecified atom stereocenters. The van der Waals surface area contributed by atoms with E-state index in [1.807, 2.05) is 5.38 Å². The van der Waals surface area contributed by atoms with Crippen LogP contribution in [-0.4, -0.2) is 28.8 Å². The summed E-state index contributed by atoms with van der Waals surface area (Å²) in [5.41, 5.74) is -0.0869. The molecule has 1 atom stereocenters. The molecule has 0 aliphatic carbocycles. The number of thiophene rings is 1. The predicted octanol–water partition coefficient (Wildman–Crippen LogP) is 3.37. The highest BCUT2D eigenvalue weighted by Crippen LogP contribution is 2.35. The Kier molecular flexibility index (Phi) is 4.41. The van der Waals surface area contributed by atoms with E-state index in [0.29, 0.717) is 11.4 Å². The summed E-state index contributed by atoms with van der Waals surface area (Å²) in [5, 5.41) is 4.63. The maximum Gasteiger partial charge on any atom is 0.262 e. The number of hydrogen-bond donors (Lipinski definition) is 1. The third-order valence-corrected chi connectivity index (χ3v) is 5.11. The Morgan fingerprint density at radius 2 is 1.96 bits per heavy atom. The number of halogens is 1. The van der Waals surface area contributed by atoms with Gasteiger partial charge in [-0.3, -0.25) is 9.59 Å². The summed E-state index contributed by atoms with van der Waals surface area (Å²) >= 11 is 1.34. The highest BCUT2D eigenvalue weighted by Gasteiger charge is 2.41. The van der Waals surface area contributed by atoms with Crippen LogP contribution in [0.5, 0.6) is 0 Å². The van der Waals surface area contributed by atoms with Gasteiger partial charge in [0.2, 0.25) is 5.91 Å². The summed E-state index contributed by atoms with van der Waals surface area (Å²) in [6.45, 7) is 4.06. The molecule has 1 aromatic carbocycles. The van der Waals surface area contributed by atoms with Crippen molar-refractivity contribution in [2.45, 2.75) is 31.8 Å². The molecule has 126 valence electrons. The lowest BCUT2D eigenvalue weighted by molar-refractivity contribution is -0.145. The van der Waals surface area contributed by atoms with Crippen molar-refractivity contribution in [3.63, 3.8) is 0 Å². The van der Waals surface area contributed by atoms with Crippen LogP contribution in [0.15, 0.2) is 41.8 Å². The van der Waals surface area contributed by atoms with Crippen molar-refractivity contribution in [1.29, 1.82) is 0 Å². The fraction of sp³-hybridized carbons (Fsp3) is 0.333. The van der Waals surface area contributed by atoms with Gasteiger partial charge in [0.1, 0.15) is 11.4 Å². The van der Waals surface area contributed by atoms with Gasteiger partial charge in [-0.15, -0.1) is 11.3 Å². The fourth-order valence-electron chi connectivity index (χ4n) is 2.83. The van der Waals surface area contributed by atoms with E-state index in [9.17, 15) is 14.0 Å². The zero-order valence-corrected chi connectivity index (χ0v) is 14.4. The number of likely N-dealkylation sites (tertiary alicyclic amines) is 1. The Hall–Kier alpha value is -2.21. The van der Waals surface area contributed by atoms with Crippen molar-refractivity contribution in [3.8, 4) is 0 Å². The number of carbonyl (C=O) groups excluding carboxylic acids is 2. The largest absolute Gasteiger partial charge is 0.337 e. The molecule has 0 radical (unpaired) electrons. The van der Waals surface area contributed by atoms with E-state index in [1.165, 1.54) is 23.5 Å². The number of hydrogen-bond acceptors (Lipinski definition) is 3. The molecule has 24 heavy (non-hydrogen) atoms. The Bertz CT molecular complexity index is 741. The molecular weight excluding hydrogens is 327 g/mol. The number of nitrogens with one attached hydrogen (secondary N) is 1. The Balaban J connectivity index is 1.70. The van der Waals surface area contributed by atoms with Gasteiger partial charge in [0, 0.05) is 6.54 Å². The van der Waals surface area contributed by atoms with Crippen LogP contribution in [0.3, 0.4) is 0 Å². The molecule has 4 nitrogen and oxygen atoms in total. The van der Waals surface area contributed by atoms with Gasteiger partial charge in [0.25, 0.3) is 5.91 Å². The minimum Gasteiger partial charge on any atom is -0.337 e. The zero-order chi connectivity index (χ0) is 17.3. The molecular formula is C18H19FN2O2S. The van der Waals surface area contributed by atoms with Crippen molar-refractivity contribution >= 4 is 23.2 Å². The molecule has 0 spiro atoms. The standard InChI is InChI=1S/C18H19FN2O2S/c1-18(2,20-16(22)15-4-3-11-24-15)17(23)21-10-9-14(21)12-5-7-13(19)8-6-12/h3-8,11,14H,9-10H2,1-2H3,(H,20,22)/t14-/m0/s1. The SMILES string of the molecule is CC(C)(NC(=O)c1cccs1)C(=O)N1CC[C@H]1c1ccc(F)cc1. The second-order valence-corrected chi connectivity index (χ2v) is 7.36. The van der Waals surface area contributed by atoms with Crippen molar-refractivity contribution in [3.05, 3.63) is 58.0 Å². The van der Waals surface area contributed by atoms with Crippen LogP contribution in [-0.2, 0) is 4.79 Å². The first-order valence-corrected chi connectivity index (χ1v) is 8.69. The predicted molar refractivity (Wildman–Crippen MR) is 91.3 cm³/mol. The smallest absolute Gasteiger partial charge is 0.262 e. The van der Waals surface area contributed by atoms with E-state index in [-0.39, 0.29) is 23.7 Å². The average molecular weight is 346 g/mol. The second-order valence-electron chi connectivity index (χ2n) is 6.41. The molecule has 1 fully saturated rings. The Labute approximate surface area is 144 Å². The number of carbonyl (C=O) groups is 2. The second kappa shape index (κ2) is 6.36. The topological polar surface area (TPSA) is 49.4 Å². The third kappa shape index (κ3) is 3.19. The van der Waals surface area contributed by atoms with Crippen LogP contribution in [0.1, 0.15) is 41.5 Å². The lowest BCUT2D eigenvalue weighted by Gasteiger charge is -2.45. The van der Waals surface area contributed by atoms with Crippen molar-refractivity contribution in [1.82, 2.24) is 10.2 Å². The first-order valence-electron chi connectivity index (χ1n) is 7.81. The third-order valence-electron chi connectivity index (χ3n) is 4.24. The number of amides is 2. The first-order chi connectivity index (χ1) is 11.4. The number of nitrogens with zero attached hydrogens (tertiary/aromatic N) is 1. The normalized spacial score (nSPS) is 17.3. The van der Waals surface area contributed by atoms with Gasteiger partial charge >= 0.3 is 0 Å². The zero-order valence-electron chi connectivity index (χ0n) is 13.6. The van der Waals surface area contributed by atoms with Crippen molar-refractivity contribution in [2.24, 2.45) is 0 Å². The highest BCUT2D eigenvalue weighted by atomic mass is 32.1. The molecule has 1 N–H and O–H groups in total. The minimum atomic E-state index is -1.00. The molecule has 2 heterocycles. The lowest BCUT2D eigenvalue weighted by Crippen LogP contribution is -2.59. The number of rotatable bonds is 4. The van der Waals surface area contributed by atoms with Gasteiger partial charge in [0.05, 0.1) is 10.9 Å². The Morgan fingerprint density at radius 3 is 2.50 bits per heavy atom. The summed E-state index contributed by atoms with van der Waals surface area (Å²) in [6, 6.07) is 9.68. The van der Waals surface area contributed by atoms with E-state index in [1.54, 1.807) is 43.0 Å². The summed E-state index contributed by atoms with van der Waals surface area (Å²) < 4.78 is 13.1. The maximum absolute atomic E-state index is 13.1. The molecule has 1 aliphatic heterocycles. The molecule has 1 aliphatic rings.